The number of thiophene rings is 2. The van der Waals surface area contributed by atoms with Gasteiger partial charge in [0.25, 0.3) is 0 Å². The first-order valence-corrected chi connectivity index (χ1v) is 25.6. The van der Waals surface area contributed by atoms with E-state index in [0.717, 1.165) is 67.4 Å². The molecule has 0 N–H and O–H groups in total. The highest BCUT2D eigenvalue weighted by Gasteiger charge is 2.50. The predicted molar refractivity (Wildman–Crippen MR) is 293 cm³/mol. The molecule has 4 nitrogen and oxygen atoms in total. The summed E-state index contributed by atoms with van der Waals surface area (Å²) in [6.45, 7) is 18.1. The van der Waals surface area contributed by atoms with Gasteiger partial charge in [0.1, 0.15) is 22.5 Å². The average Bonchev–Trinajstić information content (AvgIpc) is 4.14. The van der Waals surface area contributed by atoms with Crippen LogP contribution in [0.2, 0.25) is 0 Å². The fraction of sp³-hybridized carbons (Fsp3) is 0.180. The molecule has 332 valence electrons. The van der Waals surface area contributed by atoms with Gasteiger partial charge in [-0.15, -0.1) is 22.7 Å². The Kier molecular flexibility index (Phi) is 9.04. The predicted octanol–water partition coefficient (Wildman–Crippen LogP) is 16.7. The normalized spacial score (nSPS) is 13.6. The number of fused-ring (bicyclic) bond motifs is 10. The summed E-state index contributed by atoms with van der Waals surface area (Å²) < 4.78 is 17.3. The smallest absolute Gasteiger partial charge is 0.342 e. The number of rotatable bonds is 5. The van der Waals surface area contributed by atoms with Crippen molar-refractivity contribution in [1.82, 2.24) is 0 Å². The van der Waals surface area contributed by atoms with Gasteiger partial charge in [-0.2, -0.15) is 0 Å². The lowest BCUT2D eigenvalue weighted by atomic mass is 9.37. The van der Waals surface area contributed by atoms with Gasteiger partial charge in [-0.3, -0.25) is 0 Å². The number of nitrogens with zero attached hydrogens (tertiary/aromatic N) is 2. The van der Waals surface area contributed by atoms with Gasteiger partial charge in [0, 0.05) is 64.8 Å². The zero-order valence-corrected chi connectivity index (χ0v) is 41.3. The number of furan rings is 2. The molecule has 7 aromatic carbocycles. The summed E-state index contributed by atoms with van der Waals surface area (Å²) in [5.41, 5.74) is 19.9. The van der Waals surface area contributed by atoms with Crippen LogP contribution in [-0.4, -0.2) is 6.71 Å². The Bertz CT molecular complexity index is 3610. The second-order valence-corrected chi connectivity index (χ2v) is 23.0. The lowest BCUT2D eigenvalue weighted by Gasteiger charge is -2.41. The zero-order chi connectivity index (χ0) is 46.4. The van der Waals surface area contributed by atoms with Crippen LogP contribution in [0.4, 0.5) is 34.1 Å². The minimum absolute atomic E-state index is 0.0699. The van der Waals surface area contributed by atoms with Crippen molar-refractivity contribution in [2.45, 2.75) is 72.1 Å². The summed E-state index contributed by atoms with van der Waals surface area (Å²) in [4.78, 5) is 5.04. The molecule has 11 aromatic rings. The lowest BCUT2D eigenvalue weighted by molar-refractivity contribution is 0.590. The molecule has 0 atom stereocenters. The van der Waals surface area contributed by atoms with E-state index < -0.39 is 0 Å². The molecule has 0 saturated heterocycles. The van der Waals surface area contributed by atoms with Crippen molar-refractivity contribution in [2.24, 2.45) is 0 Å². The average molecular weight is 919 g/mol. The molecule has 2 aliphatic heterocycles. The molecule has 0 aliphatic carbocycles. The van der Waals surface area contributed by atoms with Gasteiger partial charge in [0.2, 0.25) is 0 Å². The van der Waals surface area contributed by atoms with Gasteiger partial charge in [-0.05, 0) is 134 Å². The Balaban J connectivity index is 1.14. The molecule has 2 aliphatic rings. The number of hydrogen-bond donors (Lipinski definition) is 0. The quantitative estimate of drug-likeness (QED) is 0.161. The molecular formula is C61H51BN2O2S2. The highest BCUT2D eigenvalue weighted by Crippen LogP contribution is 2.51. The largest absolute Gasteiger partial charge is 0.468 e. The molecule has 4 aromatic heterocycles. The molecule has 13 rings (SSSR count). The Morgan fingerprint density at radius 2 is 0.941 bits per heavy atom. The summed E-state index contributed by atoms with van der Waals surface area (Å²) >= 11 is 3.61. The van der Waals surface area contributed by atoms with Crippen LogP contribution in [0.25, 0.3) is 64.4 Å². The van der Waals surface area contributed by atoms with E-state index in [4.69, 9.17) is 8.83 Å². The summed E-state index contributed by atoms with van der Waals surface area (Å²) in [6, 6.07) is 54.3. The third-order valence-corrected chi connectivity index (χ3v) is 16.4. The van der Waals surface area contributed by atoms with Crippen molar-refractivity contribution in [3.8, 4) is 22.3 Å². The maximum Gasteiger partial charge on any atom is 0.342 e. The monoisotopic (exact) mass is 918 g/mol. The van der Waals surface area contributed by atoms with Crippen LogP contribution in [0.3, 0.4) is 0 Å². The minimum atomic E-state index is -0.317. The molecule has 0 saturated carbocycles. The van der Waals surface area contributed by atoms with Crippen molar-refractivity contribution < 1.29 is 8.83 Å². The first-order chi connectivity index (χ1) is 32.8. The van der Waals surface area contributed by atoms with Gasteiger partial charge in [-0.1, -0.05) is 128 Å². The molecule has 0 fully saturated rings. The SMILES string of the molecule is CC(C)c1cc2c3c(c1)N(c1cccc(-c4csc5ccccc45)c1)c1c(oc4ccc(C(C)(C)C)cc14)B3c1oc3ccc(C(C)(C)C)cc3c1N2c1cccc(-c2csc3ccccc23)c1. The van der Waals surface area contributed by atoms with Gasteiger partial charge in [0.05, 0.1) is 11.4 Å². The third kappa shape index (κ3) is 6.25. The molecule has 68 heavy (non-hydrogen) atoms. The number of benzene rings is 7. The van der Waals surface area contributed by atoms with Crippen LogP contribution in [0, 0.1) is 0 Å². The summed E-state index contributed by atoms with van der Waals surface area (Å²) in [6.07, 6.45) is 0. The topological polar surface area (TPSA) is 32.8 Å². The Hall–Kier alpha value is -6.80. The summed E-state index contributed by atoms with van der Waals surface area (Å²) in [5, 5.41) is 9.38. The van der Waals surface area contributed by atoms with E-state index in [0.29, 0.717) is 0 Å². The van der Waals surface area contributed by atoms with Crippen molar-refractivity contribution in [3.63, 3.8) is 0 Å². The minimum Gasteiger partial charge on any atom is -0.468 e. The van der Waals surface area contributed by atoms with E-state index in [-0.39, 0.29) is 23.5 Å². The number of anilines is 6. The standard InChI is InChI=1S/C61H51BN2O2S2/c1-35(2)38-29-49-55-50(30-38)64(42-18-14-16-37(28-42)48-34-68-54-22-12-10-20-44(48)54)57-46-32-40(61(6,7)8)24-26-52(46)66-59(57)62(55)58-56(45-31-39(60(3,4)5)23-25-51(45)65-58)63(49)41-17-13-15-36(27-41)47-33-67-53-21-11-9-19-43(47)53/h9-35H,1-8H3. The molecule has 0 bridgehead atoms. The molecule has 6 heterocycles. The molecule has 7 heteroatoms. The van der Waals surface area contributed by atoms with Crippen LogP contribution < -0.4 is 26.6 Å². The van der Waals surface area contributed by atoms with E-state index >= 15 is 0 Å². The van der Waals surface area contributed by atoms with Gasteiger partial charge >= 0.3 is 6.71 Å². The fourth-order valence-electron chi connectivity index (χ4n) is 10.8. The molecule has 0 amide bonds. The fourth-order valence-corrected chi connectivity index (χ4v) is 12.8. The lowest BCUT2D eigenvalue weighted by Crippen LogP contribution is -2.60. The maximum absolute atomic E-state index is 7.36. The zero-order valence-electron chi connectivity index (χ0n) is 39.7. The maximum atomic E-state index is 7.36. The Morgan fingerprint density at radius 1 is 0.485 bits per heavy atom. The van der Waals surface area contributed by atoms with Crippen molar-refractivity contribution >= 4 is 122 Å². The second kappa shape index (κ2) is 14.9. The van der Waals surface area contributed by atoms with Crippen molar-refractivity contribution in [2.75, 3.05) is 9.80 Å². The van der Waals surface area contributed by atoms with Gasteiger partial charge in [0.15, 0.2) is 0 Å². The van der Waals surface area contributed by atoms with Crippen LogP contribution >= 0.6 is 22.7 Å². The molecule has 0 spiro atoms. The van der Waals surface area contributed by atoms with Crippen molar-refractivity contribution in [3.05, 3.63) is 173 Å². The Morgan fingerprint density at radius 3 is 1.38 bits per heavy atom. The van der Waals surface area contributed by atoms with E-state index in [1.807, 2.05) is 0 Å². The van der Waals surface area contributed by atoms with Crippen LogP contribution in [0.15, 0.2) is 165 Å². The Labute approximate surface area is 406 Å². The molecular weight excluding hydrogens is 868 g/mol. The first-order valence-electron chi connectivity index (χ1n) is 23.9. The van der Waals surface area contributed by atoms with E-state index in [9.17, 15) is 0 Å². The van der Waals surface area contributed by atoms with Gasteiger partial charge < -0.3 is 18.6 Å². The van der Waals surface area contributed by atoms with Crippen LogP contribution in [0.5, 0.6) is 0 Å². The molecule has 0 unspecified atom stereocenters. The number of hydrogen-bond acceptors (Lipinski definition) is 6. The summed E-state index contributed by atoms with van der Waals surface area (Å²) in [5.74, 6) is 0.246. The first kappa shape index (κ1) is 41.4. The van der Waals surface area contributed by atoms with E-state index in [1.54, 1.807) is 22.7 Å². The van der Waals surface area contributed by atoms with E-state index in [1.165, 1.54) is 64.6 Å². The van der Waals surface area contributed by atoms with Gasteiger partial charge in [-0.25, -0.2) is 0 Å². The third-order valence-electron chi connectivity index (χ3n) is 14.5. The second-order valence-electron chi connectivity index (χ2n) is 21.2. The summed E-state index contributed by atoms with van der Waals surface area (Å²) in [7, 11) is 0. The van der Waals surface area contributed by atoms with Crippen molar-refractivity contribution in [1.29, 1.82) is 0 Å². The molecule has 0 radical (unpaired) electrons. The van der Waals surface area contributed by atoms with E-state index in [2.05, 4.69) is 222 Å². The highest BCUT2D eigenvalue weighted by atomic mass is 32.1. The van der Waals surface area contributed by atoms with Crippen LogP contribution in [-0.2, 0) is 10.8 Å². The van der Waals surface area contributed by atoms with Crippen LogP contribution in [0.1, 0.15) is 78.0 Å². The highest BCUT2D eigenvalue weighted by molar-refractivity contribution is 7.18.